The second-order valence-corrected chi connectivity index (χ2v) is 6.48. The van der Waals surface area contributed by atoms with Gasteiger partial charge >= 0.3 is 0 Å². The van der Waals surface area contributed by atoms with Gasteiger partial charge in [-0.2, -0.15) is 0 Å². The zero-order valence-electron chi connectivity index (χ0n) is 12.6. The molecule has 112 valence electrons. The monoisotopic (exact) mass is 348 g/mol. The highest BCUT2D eigenvalue weighted by Gasteiger charge is 2.25. The van der Waals surface area contributed by atoms with Gasteiger partial charge in [-0.05, 0) is 31.5 Å². The largest absolute Gasteiger partial charge is 0.374 e. The van der Waals surface area contributed by atoms with Crippen molar-refractivity contribution in [1.29, 1.82) is 0 Å². The van der Waals surface area contributed by atoms with Crippen molar-refractivity contribution in [2.45, 2.75) is 32.5 Å². The lowest BCUT2D eigenvalue weighted by molar-refractivity contribution is -0.0498. The number of fused-ring (bicyclic) bond motifs is 1. The average molecular weight is 349 g/mol. The molecule has 0 spiro atoms. The van der Waals surface area contributed by atoms with E-state index in [-0.39, 0.29) is 6.10 Å². The molecule has 2 heterocycles. The second-order valence-electron chi connectivity index (χ2n) is 5.83. The number of aromatic nitrogens is 1. The van der Waals surface area contributed by atoms with Crippen LogP contribution in [0.5, 0.6) is 0 Å². The number of nitrogens with zero attached hydrogens (tertiary/aromatic N) is 2. The Balaban J connectivity index is 1.90. The fourth-order valence-electron chi connectivity index (χ4n) is 2.93. The minimum Gasteiger partial charge on any atom is -0.374 e. The highest BCUT2D eigenvalue weighted by Crippen LogP contribution is 2.22. The second kappa shape index (κ2) is 6.42. The smallest absolute Gasteiger partial charge is 0.0799 e. The summed E-state index contributed by atoms with van der Waals surface area (Å²) in [6, 6.07) is 11.1. The number of aryl methyl sites for hydroxylation is 1. The van der Waals surface area contributed by atoms with E-state index in [0.717, 1.165) is 36.2 Å². The first-order valence-electron chi connectivity index (χ1n) is 7.44. The number of pyridine rings is 1. The van der Waals surface area contributed by atoms with Gasteiger partial charge in [-0.15, -0.1) is 0 Å². The Morgan fingerprint density at radius 1 is 1.38 bits per heavy atom. The molecule has 1 aromatic carbocycles. The third-order valence-electron chi connectivity index (χ3n) is 4.11. The Morgan fingerprint density at radius 2 is 2.19 bits per heavy atom. The number of hydrogen-bond acceptors (Lipinski definition) is 3. The van der Waals surface area contributed by atoms with E-state index in [1.807, 2.05) is 0 Å². The fraction of sp³-hybridized carbons (Fsp3) is 0.471. The minimum absolute atomic E-state index is 0.287. The Labute approximate surface area is 134 Å². The molecule has 3 nitrogen and oxygen atoms in total. The predicted octanol–water partition coefficient (Wildman–Crippen LogP) is 3.53. The first-order valence-corrected chi connectivity index (χ1v) is 8.56. The van der Waals surface area contributed by atoms with Crippen molar-refractivity contribution in [3.05, 3.63) is 41.6 Å². The van der Waals surface area contributed by atoms with Crippen molar-refractivity contribution in [2.75, 3.05) is 18.5 Å². The van der Waals surface area contributed by atoms with Gasteiger partial charge in [-0.1, -0.05) is 34.1 Å². The highest BCUT2D eigenvalue weighted by molar-refractivity contribution is 9.09. The molecule has 1 aromatic heterocycles. The molecule has 1 aliphatic rings. The molecule has 3 rings (SSSR count). The molecule has 2 unspecified atom stereocenters. The number of benzene rings is 1. The maximum absolute atomic E-state index is 5.82. The van der Waals surface area contributed by atoms with Crippen LogP contribution in [0.3, 0.4) is 0 Å². The average Bonchev–Trinajstić information content (AvgIpc) is 2.49. The van der Waals surface area contributed by atoms with Crippen LogP contribution in [0.2, 0.25) is 0 Å². The summed E-state index contributed by atoms with van der Waals surface area (Å²) in [5, 5.41) is 2.16. The van der Waals surface area contributed by atoms with Gasteiger partial charge < -0.3 is 4.74 Å². The van der Waals surface area contributed by atoms with Crippen LogP contribution in [0.4, 0.5) is 0 Å². The quantitative estimate of drug-likeness (QED) is 0.793. The number of halogens is 1. The maximum Gasteiger partial charge on any atom is 0.0799 e. The Morgan fingerprint density at radius 3 is 3.00 bits per heavy atom. The van der Waals surface area contributed by atoms with E-state index < -0.39 is 0 Å². The molecular formula is C17H21BrN2O. The van der Waals surface area contributed by atoms with Crippen molar-refractivity contribution in [1.82, 2.24) is 9.88 Å². The van der Waals surface area contributed by atoms with Crippen LogP contribution in [0.15, 0.2) is 30.3 Å². The molecule has 21 heavy (non-hydrogen) atoms. The number of ether oxygens (including phenoxy) is 1. The third kappa shape index (κ3) is 3.28. The number of alkyl halides is 1. The van der Waals surface area contributed by atoms with Crippen LogP contribution >= 0.6 is 15.9 Å². The summed E-state index contributed by atoms with van der Waals surface area (Å²) in [4.78, 5) is 7.14. The van der Waals surface area contributed by atoms with E-state index in [2.05, 4.69) is 70.0 Å². The predicted molar refractivity (Wildman–Crippen MR) is 89.9 cm³/mol. The zero-order valence-corrected chi connectivity index (χ0v) is 14.1. The van der Waals surface area contributed by atoms with Gasteiger partial charge in [-0.25, -0.2) is 0 Å². The van der Waals surface area contributed by atoms with Crippen LogP contribution in [0.25, 0.3) is 10.9 Å². The number of rotatable bonds is 3. The van der Waals surface area contributed by atoms with Crippen LogP contribution < -0.4 is 0 Å². The van der Waals surface area contributed by atoms with Gasteiger partial charge in [0.2, 0.25) is 0 Å². The van der Waals surface area contributed by atoms with Crippen molar-refractivity contribution < 1.29 is 4.74 Å². The molecule has 0 aliphatic carbocycles. The van der Waals surface area contributed by atoms with Crippen molar-refractivity contribution in [3.63, 3.8) is 0 Å². The molecule has 1 saturated heterocycles. The number of hydrogen-bond donors (Lipinski definition) is 0. The fourth-order valence-corrected chi connectivity index (χ4v) is 3.32. The molecule has 1 aliphatic heterocycles. The van der Waals surface area contributed by atoms with Gasteiger partial charge in [0, 0.05) is 35.5 Å². The van der Waals surface area contributed by atoms with E-state index in [9.17, 15) is 0 Å². The minimum atomic E-state index is 0.287. The van der Waals surface area contributed by atoms with E-state index in [4.69, 9.17) is 4.74 Å². The number of para-hydroxylation sites is 1. The summed E-state index contributed by atoms with van der Waals surface area (Å²) in [7, 11) is 0. The highest BCUT2D eigenvalue weighted by atomic mass is 79.9. The molecule has 0 radical (unpaired) electrons. The van der Waals surface area contributed by atoms with Crippen molar-refractivity contribution >= 4 is 26.8 Å². The first kappa shape index (κ1) is 14.9. The molecule has 1 fully saturated rings. The molecule has 4 heteroatoms. The van der Waals surface area contributed by atoms with Crippen LogP contribution in [-0.4, -0.2) is 40.5 Å². The molecule has 0 N–H and O–H groups in total. The van der Waals surface area contributed by atoms with Gasteiger partial charge in [0.1, 0.15) is 0 Å². The summed E-state index contributed by atoms with van der Waals surface area (Å²) in [6.45, 7) is 7.04. The van der Waals surface area contributed by atoms with Gasteiger partial charge in [0.25, 0.3) is 0 Å². The maximum atomic E-state index is 5.82. The third-order valence-corrected chi connectivity index (χ3v) is 4.83. The summed E-state index contributed by atoms with van der Waals surface area (Å²) >= 11 is 3.53. The van der Waals surface area contributed by atoms with Crippen molar-refractivity contribution in [3.8, 4) is 0 Å². The lowest BCUT2D eigenvalue weighted by atomic mass is 10.1. The molecule has 2 atom stereocenters. The Bertz CT molecular complexity index is 631. The summed E-state index contributed by atoms with van der Waals surface area (Å²) in [5.74, 6) is 0. The van der Waals surface area contributed by atoms with Crippen LogP contribution in [0, 0.1) is 6.92 Å². The van der Waals surface area contributed by atoms with Gasteiger partial charge in [0.15, 0.2) is 0 Å². The zero-order chi connectivity index (χ0) is 14.8. The van der Waals surface area contributed by atoms with E-state index in [0.29, 0.717) is 6.04 Å². The molecule has 0 saturated carbocycles. The SMILES string of the molecule is Cc1cc(CN2CC(CBr)OCC2C)c2ccccc2n1. The van der Waals surface area contributed by atoms with Crippen LogP contribution in [-0.2, 0) is 11.3 Å². The molecular weight excluding hydrogens is 328 g/mol. The molecule has 0 bridgehead atoms. The Kier molecular flexibility index (Phi) is 4.57. The summed E-state index contributed by atoms with van der Waals surface area (Å²) in [6.07, 6.45) is 0.287. The molecule has 0 amide bonds. The normalized spacial score (nSPS) is 23.6. The summed E-state index contributed by atoms with van der Waals surface area (Å²) < 4.78 is 5.82. The van der Waals surface area contributed by atoms with Gasteiger partial charge in [0.05, 0.1) is 18.2 Å². The van der Waals surface area contributed by atoms with E-state index in [1.165, 1.54) is 10.9 Å². The number of morpholine rings is 1. The summed E-state index contributed by atoms with van der Waals surface area (Å²) in [5.41, 5.74) is 3.53. The van der Waals surface area contributed by atoms with Gasteiger partial charge in [-0.3, -0.25) is 9.88 Å². The first-order chi connectivity index (χ1) is 10.2. The topological polar surface area (TPSA) is 25.4 Å². The van der Waals surface area contributed by atoms with E-state index in [1.54, 1.807) is 0 Å². The Hall–Kier alpha value is -0.970. The van der Waals surface area contributed by atoms with E-state index >= 15 is 0 Å². The lowest BCUT2D eigenvalue weighted by Gasteiger charge is -2.37. The lowest BCUT2D eigenvalue weighted by Crippen LogP contribution is -2.48. The van der Waals surface area contributed by atoms with Crippen molar-refractivity contribution in [2.24, 2.45) is 0 Å². The standard InChI is InChI=1S/C17H21BrN2O/c1-12-7-14(16-5-3-4-6-17(16)19-12)9-20-10-15(8-18)21-11-13(20)2/h3-7,13,15H,8-11H2,1-2H3. The van der Waals surface area contributed by atoms with Crippen LogP contribution in [0.1, 0.15) is 18.2 Å². The molecule has 2 aromatic rings.